The van der Waals surface area contributed by atoms with Gasteiger partial charge in [0.15, 0.2) is 0 Å². The van der Waals surface area contributed by atoms with Crippen LogP contribution in [0.1, 0.15) is 40.4 Å². The van der Waals surface area contributed by atoms with Crippen molar-refractivity contribution in [2.24, 2.45) is 4.40 Å². The number of anilines is 2. The van der Waals surface area contributed by atoms with Crippen LogP contribution < -0.4 is 10.2 Å². The first-order valence-corrected chi connectivity index (χ1v) is 10.3. The topological polar surface area (TPSA) is 78.8 Å². The molecule has 2 aromatic carbocycles. The lowest BCUT2D eigenvalue weighted by molar-refractivity contribution is 0.102. The van der Waals surface area contributed by atoms with Crippen molar-refractivity contribution in [2.75, 3.05) is 16.8 Å². The number of carbonyl (C=O) groups excluding carboxylic acids is 1. The summed E-state index contributed by atoms with van der Waals surface area (Å²) in [6, 6.07) is 8.70. The fourth-order valence-electron chi connectivity index (χ4n) is 3.32. The zero-order chi connectivity index (χ0) is 19.8. The summed E-state index contributed by atoms with van der Waals surface area (Å²) in [6.45, 7) is 8.53. The molecule has 1 N–H and O–H groups in total. The number of rotatable bonds is 4. The second-order valence-corrected chi connectivity index (χ2v) is 8.40. The molecule has 0 saturated carbocycles. The van der Waals surface area contributed by atoms with Gasteiger partial charge in [0.2, 0.25) is 0 Å². The molecule has 0 saturated heterocycles. The first-order chi connectivity index (χ1) is 12.7. The molecule has 1 heterocycles. The van der Waals surface area contributed by atoms with Gasteiger partial charge in [-0.1, -0.05) is 24.6 Å². The summed E-state index contributed by atoms with van der Waals surface area (Å²) in [5.74, 6) is -0.348. The van der Waals surface area contributed by atoms with Gasteiger partial charge in [-0.15, -0.1) is 4.40 Å². The molecule has 0 radical (unpaired) electrons. The van der Waals surface area contributed by atoms with Gasteiger partial charge in [0.25, 0.3) is 15.9 Å². The fourth-order valence-corrected chi connectivity index (χ4v) is 4.40. The number of fused-ring (bicyclic) bond motifs is 1. The number of hydrogen-bond donors (Lipinski definition) is 1. The second-order valence-electron chi connectivity index (χ2n) is 6.80. The van der Waals surface area contributed by atoms with Crippen molar-refractivity contribution in [3.05, 3.63) is 52.6 Å². The van der Waals surface area contributed by atoms with Crippen LogP contribution in [-0.4, -0.2) is 27.2 Å². The Bertz CT molecular complexity index is 1020. The third kappa shape index (κ3) is 3.73. The van der Waals surface area contributed by atoms with E-state index in [0.717, 1.165) is 28.8 Å². The highest BCUT2D eigenvalue weighted by atomic mass is 32.2. The SMILES string of the molecule is CCCN1C=NS(=O)(=O)c2cc(C(=O)Nc3c(C)cc(C)cc3C)ccc21. The molecule has 0 fully saturated rings. The molecule has 2 aromatic rings. The highest BCUT2D eigenvalue weighted by molar-refractivity contribution is 7.90. The van der Waals surface area contributed by atoms with E-state index in [-0.39, 0.29) is 16.4 Å². The van der Waals surface area contributed by atoms with Gasteiger partial charge in [-0.3, -0.25) is 4.79 Å². The maximum atomic E-state index is 12.7. The van der Waals surface area contributed by atoms with Crippen molar-refractivity contribution in [1.29, 1.82) is 0 Å². The number of nitrogens with one attached hydrogen (secondary N) is 1. The zero-order valence-electron chi connectivity index (χ0n) is 15.9. The van der Waals surface area contributed by atoms with Gasteiger partial charge in [0, 0.05) is 17.8 Å². The Morgan fingerprint density at radius 3 is 2.41 bits per heavy atom. The van der Waals surface area contributed by atoms with Gasteiger partial charge in [-0.05, 0) is 56.5 Å². The average Bonchev–Trinajstić information content (AvgIpc) is 2.60. The first kappa shape index (κ1) is 19.1. The highest BCUT2D eigenvalue weighted by Crippen LogP contribution is 2.31. The molecule has 6 nitrogen and oxygen atoms in total. The number of nitrogens with zero attached hydrogens (tertiary/aromatic N) is 2. The third-order valence-corrected chi connectivity index (χ3v) is 5.77. The Morgan fingerprint density at radius 1 is 1.11 bits per heavy atom. The van der Waals surface area contributed by atoms with Gasteiger partial charge in [0.05, 0.1) is 5.69 Å². The van der Waals surface area contributed by atoms with Crippen LogP contribution >= 0.6 is 0 Å². The number of sulfonamides is 1. The van der Waals surface area contributed by atoms with E-state index in [1.54, 1.807) is 17.0 Å². The molecule has 1 amide bonds. The van der Waals surface area contributed by atoms with E-state index in [4.69, 9.17) is 0 Å². The molecule has 7 heteroatoms. The molecule has 0 aliphatic carbocycles. The quantitative estimate of drug-likeness (QED) is 0.868. The van der Waals surface area contributed by atoms with Gasteiger partial charge >= 0.3 is 0 Å². The van der Waals surface area contributed by atoms with Crippen LogP contribution in [0.3, 0.4) is 0 Å². The van der Waals surface area contributed by atoms with Crippen LogP contribution in [-0.2, 0) is 10.0 Å². The molecule has 0 unspecified atom stereocenters. The lowest BCUT2D eigenvalue weighted by Crippen LogP contribution is -2.28. The molecule has 1 aliphatic heterocycles. The zero-order valence-corrected chi connectivity index (χ0v) is 16.7. The van der Waals surface area contributed by atoms with Gasteiger partial charge < -0.3 is 10.2 Å². The smallest absolute Gasteiger partial charge is 0.285 e. The fraction of sp³-hybridized carbons (Fsp3) is 0.300. The summed E-state index contributed by atoms with van der Waals surface area (Å²) < 4.78 is 28.4. The predicted molar refractivity (Wildman–Crippen MR) is 108 cm³/mol. The number of hydrogen-bond acceptors (Lipinski definition) is 4. The molecular formula is C20H23N3O3S. The number of benzene rings is 2. The Morgan fingerprint density at radius 2 is 1.78 bits per heavy atom. The Hall–Kier alpha value is -2.67. The van der Waals surface area contributed by atoms with E-state index in [1.165, 1.54) is 12.4 Å². The molecular weight excluding hydrogens is 362 g/mol. The summed E-state index contributed by atoms with van der Waals surface area (Å²) in [5.41, 5.74) is 4.63. The summed E-state index contributed by atoms with van der Waals surface area (Å²) in [7, 11) is -3.80. The minimum Gasteiger partial charge on any atom is -0.331 e. The van der Waals surface area contributed by atoms with Crippen LogP contribution in [0.5, 0.6) is 0 Å². The van der Waals surface area contributed by atoms with E-state index < -0.39 is 10.0 Å². The summed E-state index contributed by atoms with van der Waals surface area (Å²) in [6.07, 6.45) is 2.18. The number of aryl methyl sites for hydroxylation is 3. The molecule has 3 rings (SSSR count). The maximum Gasteiger partial charge on any atom is 0.285 e. The molecule has 27 heavy (non-hydrogen) atoms. The maximum absolute atomic E-state index is 12.7. The molecule has 0 atom stereocenters. The predicted octanol–water partition coefficient (Wildman–Crippen LogP) is 3.81. The summed E-state index contributed by atoms with van der Waals surface area (Å²) in [4.78, 5) is 14.6. The Kier molecular flexibility index (Phi) is 5.06. The van der Waals surface area contributed by atoms with E-state index >= 15 is 0 Å². The number of carbonyl (C=O) groups is 1. The van der Waals surface area contributed by atoms with Crippen LogP contribution in [0.25, 0.3) is 0 Å². The number of amides is 1. The van der Waals surface area contributed by atoms with Crippen LogP contribution in [0.2, 0.25) is 0 Å². The van der Waals surface area contributed by atoms with Gasteiger partial charge in [-0.2, -0.15) is 8.42 Å². The molecule has 0 bridgehead atoms. The largest absolute Gasteiger partial charge is 0.331 e. The second kappa shape index (κ2) is 7.15. The standard InChI is InChI=1S/C20H23N3O3S/c1-5-8-23-12-21-27(25,26)18-11-16(6-7-17(18)23)20(24)22-19-14(3)9-13(2)10-15(19)4/h6-7,9-12H,5,8H2,1-4H3,(H,22,24). The van der Waals surface area contributed by atoms with Crippen molar-refractivity contribution in [3.8, 4) is 0 Å². The van der Waals surface area contributed by atoms with E-state index in [2.05, 4.69) is 9.71 Å². The van der Waals surface area contributed by atoms with Crippen molar-refractivity contribution >= 4 is 33.6 Å². The van der Waals surface area contributed by atoms with Crippen LogP contribution in [0.15, 0.2) is 39.6 Å². The van der Waals surface area contributed by atoms with Crippen molar-refractivity contribution in [1.82, 2.24) is 0 Å². The minimum absolute atomic E-state index is 0.0588. The van der Waals surface area contributed by atoms with E-state index in [1.807, 2.05) is 39.8 Å². The van der Waals surface area contributed by atoms with Crippen molar-refractivity contribution in [2.45, 2.75) is 39.0 Å². The molecule has 142 valence electrons. The van der Waals surface area contributed by atoms with Crippen molar-refractivity contribution in [3.63, 3.8) is 0 Å². The minimum atomic E-state index is -3.80. The van der Waals surface area contributed by atoms with E-state index in [9.17, 15) is 13.2 Å². The van der Waals surface area contributed by atoms with Crippen LogP contribution in [0, 0.1) is 20.8 Å². The first-order valence-electron chi connectivity index (χ1n) is 8.83. The van der Waals surface area contributed by atoms with Crippen LogP contribution in [0.4, 0.5) is 11.4 Å². The normalized spacial score (nSPS) is 14.7. The summed E-state index contributed by atoms with van der Waals surface area (Å²) in [5, 5.41) is 2.91. The third-order valence-electron chi connectivity index (χ3n) is 4.51. The Balaban J connectivity index is 1.97. The Labute approximate surface area is 160 Å². The van der Waals surface area contributed by atoms with E-state index in [0.29, 0.717) is 12.2 Å². The summed E-state index contributed by atoms with van der Waals surface area (Å²) >= 11 is 0. The van der Waals surface area contributed by atoms with Gasteiger partial charge in [-0.25, -0.2) is 0 Å². The molecule has 0 spiro atoms. The molecule has 0 aromatic heterocycles. The van der Waals surface area contributed by atoms with Gasteiger partial charge in [0.1, 0.15) is 11.2 Å². The monoisotopic (exact) mass is 385 g/mol. The lowest BCUT2D eigenvalue weighted by atomic mass is 10.0. The molecule has 1 aliphatic rings. The average molecular weight is 385 g/mol. The lowest BCUT2D eigenvalue weighted by Gasteiger charge is -2.25. The van der Waals surface area contributed by atoms with Crippen molar-refractivity contribution < 1.29 is 13.2 Å². The highest BCUT2D eigenvalue weighted by Gasteiger charge is 2.26.